The van der Waals surface area contributed by atoms with E-state index in [2.05, 4.69) is 14.7 Å². The molecule has 0 aliphatic rings. The van der Waals surface area contributed by atoms with Crippen LogP contribution in [0, 0.1) is 6.92 Å². The Morgan fingerprint density at radius 2 is 2.10 bits per heavy atom. The number of nitrogens with zero attached hydrogens (tertiary/aromatic N) is 2. The Hall–Kier alpha value is -2.22. The Morgan fingerprint density at radius 1 is 1.33 bits per heavy atom. The lowest BCUT2D eigenvalue weighted by Gasteiger charge is -2.05. The second kappa shape index (κ2) is 6.49. The molecule has 112 valence electrons. The molecule has 0 saturated heterocycles. The molecule has 0 aliphatic carbocycles. The van der Waals surface area contributed by atoms with E-state index in [1.54, 1.807) is 13.8 Å². The van der Waals surface area contributed by atoms with E-state index in [1.165, 1.54) is 24.8 Å². The highest BCUT2D eigenvalue weighted by Gasteiger charge is 2.21. The van der Waals surface area contributed by atoms with Crippen molar-refractivity contribution < 1.29 is 23.8 Å². The van der Waals surface area contributed by atoms with Crippen molar-refractivity contribution in [3.05, 3.63) is 16.8 Å². The molecule has 0 saturated carbocycles. The first-order valence-electron chi connectivity index (χ1n) is 6.19. The summed E-state index contributed by atoms with van der Waals surface area (Å²) in [6, 6.07) is 0. The monoisotopic (exact) mass is 310 g/mol. The van der Waals surface area contributed by atoms with Crippen LogP contribution in [0.4, 0.5) is 0 Å². The molecule has 0 fully saturated rings. The Kier molecular flexibility index (Phi) is 4.69. The van der Waals surface area contributed by atoms with Crippen LogP contribution in [0.15, 0.2) is 6.33 Å². The summed E-state index contributed by atoms with van der Waals surface area (Å²) in [7, 11) is 1.27. The number of hydrogen-bond donors (Lipinski definition) is 0. The molecule has 0 atom stereocenters. The van der Waals surface area contributed by atoms with Gasteiger partial charge in [-0.1, -0.05) is 0 Å². The Labute approximate surface area is 124 Å². The molecular weight excluding hydrogens is 296 g/mol. The number of ether oxygens (including phenoxy) is 3. The van der Waals surface area contributed by atoms with Gasteiger partial charge in [0.25, 0.3) is 0 Å². The number of carbonyl (C=O) groups excluding carboxylic acids is 2. The molecule has 0 amide bonds. The zero-order valence-electron chi connectivity index (χ0n) is 11.8. The van der Waals surface area contributed by atoms with Crippen molar-refractivity contribution in [3.8, 4) is 5.88 Å². The number of aromatic nitrogens is 2. The maximum Gasteiger partial charge on any atom is 0.348 e. The number of rotatable bonds is 5. The third kappa shape index (κ3) is 3.10. The van der Waals surface area contributed by atoms with Gasteiger partial charge in [-0.05, 0) is 19.4 Å². The zero-order valence-corrected chi connectivity index (χ0v) is 12.7. The lowest BCUT2D eigenvalue weighted by molar-refractivity contribution is -0.142. The number of esters is 2. The van der Waals surface area contributed by atoms with Gasteiger partial charge in [-0.15, -0.1) is 11.3 Å². The minimum absolute atomic E-state index is 0.245. The summed E-state index contributed by atoms with van der Waals surface area (Å²) in [5, 5.41) is 0.606. The number of aryl methyl sites for hydroxylation is 1. The van der Waals surface area contributed by atoms with Gasteiger partial charge in [0, 0.05) is 0 Å². The molecule has 2 heterocycles. The SMILES string of the molecule is CCOC(=O)c1sc2ncnc(OCC(=O)OC)c2c1C. The minimum Gasteiger partial charge on any atom is -0.466 e. The third-order valence-electron chi connectivity index (χ3n) is 2.71. The molecule has 8 heteroatoms. The number of methoxy groups -OCH3 is 1. The van der Waals surface area contributed by atoms with Gasteiger partial charge in [0.05, 0.1) is 19.1 Å². The van der Waals surface area contributed by atoms with Crippen LogP contribution in [0.5, 0.6) is 5.88 Å². The molecule has 0 unspecified atom stereocenters. The highest BCUT2D eigenvalue weighted by molar-refractivity contribution is 7.20. The molecule has 2 rings (SSSR count). The third-order valence-corrected chi connectivity index (χ3v) is 3.89. The molecule has 2 aromatic heterocycles. The van der Waals surface area contributed by atoms with Crippen molar-refractivity contribution in [1.29, 1.82) is 0 Å². The molecule has 0 aromatic carbocycles. The average molecular weight is 310 g/mol. The summed E-state index contributed by atoms with van der Waals surface area (Å²) >= 11 is 1.20. The number of hydrogen-bond acceptors (Lipinski definition) is 8. The molecule has 0 N–H and O–H groups in total. The van der Waals surface area contributed by atoms with Gasteiger partial charge in [-0.25, -0.2) is 19.6 Å². The molecule has 0 spiro atoms. The van der Waals surface area contributed by atoms with Crippen LogP contribution in [0.1, 0.15) is 22.2 Å². The van der Waals surface area contributed by atoms with E-state index in [1.807, 2.05) is 0 Å². The second-order valence-electron chi connectivity index (χ2n) is 4.00. The van der Waals surface area contributed by atoms with Crippen molar-refractivity contribution in [3.63, 3.8) is 0 Å². The van der Waals surface area contributed by atoms with E-state index in [-0.39, 0.29) is 12.5 Å². The number of thiophene rings is 1. The zero-order chi connectivity index (χ0) is 15.4. The highest BCUT2D eigenvalue weighted by Crippen LogP contribution is 2.34. The Morgan fingerprint density at radius 3 is 2.76 bits per heavy atom. The molecule has 21 heavy (non-hydrogen) atoms. The lowest BCUT2D eigenvalue weighted by atomic mass is 10.2. The standard InChI is InChI=1S/C13H14N2O5S/c1-4-19-13(17)10-7(2)9-11(20-5-8(16)18-3)14-6-15-12(9)21-10/h6H,4-5H2,1-3H3. The summed E-state index contributed by atoms with van der Waals surface area (Å²) in [6.45, 7) is 3.54. The summed E-state index contributed by atoms with van der Waals surface area (Å²) in [5.41, 5.74) is 0.675. The minimum atomic E-state index is -0.514. The topological polar surface area (TPSA) is 87.6 Å². The fourth-order valence-electron chi connectivity index (χ4n) is 1.73. The van der Waals surface area contributed by atoms with Crippen molar-refractivity contribution in [1.82, 2.24) is 9.97 Å². The normalized spacial score (nSPS) is 10.4. The largest absolute Gasteiger partial charge is 0.466 e. The van der Waals surface area contributed by atoms with Crippen molar-refractivity contribution >= 4 is 33.5 Å². The first kappa shape index (κ1) is 15.2. The molecule has 0 radical (unpaired) electrons. The summed E-state index contributed by atoms with van der Waals surface area (Å²) in [4.78, 5) is 32.2. The van der Waals surface area contributed by atoms with Crippen LogP contribution in [-0.4, -0.2) is 42.2 Å². The van der Waals surface area contributed by atoms with Crippen LogP contribution in [0.2, 0.25) is 0 Å². The summed E-state index contributed by atoms with van der Waals surface area (Å²) < 4.78 is 14.8. The molecule has 0 bridgehead atoms. The summed E-state index contributed by atoms with van der Waals surface area (Å²) in [6.07, 6.45) is 1.32. The maximum absolute atomic E-state index is 11.9. The maximum atomic E-state index is 11.9. The number of fused-ring (bicyclic) bond motifs is 1. The predicted molar refractivity (Wildman–Crippen MR) is 75.6 cm³/mol. The highest BCUT2D eigenvalue weighted by atomic mass is 32.1. The van der Waals surface area contributed by atoms with E-state index >= 15 is 0 Å². The smallest absolute Gasteiger partial charge is 0.348 e. The first-order valence-corrected chi connectivity index (χ1v) is 7.01. The van der Waals surface area contributed by atoms with Gasteiger partial charge in [0.1, 0.15) is 16.0 Å². The van der Waals surface area contributed by atoms with Crippen LogP contribution in [0.3, 0.4) is 0 Å². The van der Waals surface area contributed by atoms with Crippen LogP contribution in [-0.2, 0) is 14.3 Å². The van der Waals surface area contributed by atoms with E-state index in [0.29, 0.717) is 27.3 Å². The van der Waals surface area contributed by atoms with Gasteiger partial charge in [-0.2, -0.15) is 0 Å². The quantitative estimate of drug-likeness (QED) is 0.777. The van der Waals surface area contributed by atoms with Gasteiger partial charge in [0.2, 0.25) is 5.88 Å². The fourth-order valence-corrected chi connectivity index (χ4v) is 2.76. The molecule has 0 aliphatic heterocycles. The number of carbonyl (C=O) groups is 2. The van der Waals surface area contributed by atoms with Crippen molar-refractivity contribution in [2.24, 2.45) is 0 Å². The van der Waals surface area contributed by atoms with Crippen LogP contribution in [0.25, 0.3) is 10.2 Å². The molecule has 7 nitrogen and oxygen atoms in total. The second-order valence-corrected chi connectivity index (χ2v) is 5.00. The van der Waals surface area contributed by atoms with Crippen molar-refractivity contribution in [2.75, 3.05) is 20.3 Å². The van der Waals surface area contributed by atoms with Gasteiger partial charge < -0.3 is 14.2 Å². The van der Waals surface area contributed by atoms with E-state index in [4.69, 9.17) is 9.47 Å². The van der Waals surface area contributed by atoms with Gasteiger partial charge in [0.15, 0.2) is 6.61 Å². The van der Waals surface area contributed by atoms with E-state index < -0.39 is 11.9 Å². The van der Waals surface area contributed by atoms with E-state index in [9.17, 15) is 9.59 Å². The Bertz CT molecular complexity index is 682. The fraction of sp³-hybridized carbons (Fsp3) is 0.385. The molecular formula is C13H14N2O5S. The van der Waals surface area contributed by atoms with Crippen LogP contribution < -0.4 is 4.74 Å². The first-order chi connectivity index (χ1) is 10.1. The lowest BCUT2D eigenvalue weighted by Crippen LogP contribution is -2.13. The van der Waals surface area contributed by atoms with Crippen LogP contribution >= 0.6 is 11.3 Å². The van der Waals surface area contributed by atoms with E-state index in [0.717, 1.165) is 0 Å². The summed E-state index contributed by atoms with van der Waals surface area (Å²) in [5.74, 6) is -0.674. The molecule has 2 aromatic rings. The average Bonchev–Trinajstić information content (AvgIpc) is 2.83. The Balaban J connectivity index is 2.39. The van der Waals surface area contributed by atoms with Gasteiger partial charge >= 0.3 is 11.9 Å². The van der Waals surface area contributed by atoms with Gasteiger partial charge in [-0.3, -0.25) is 0 Å². The predicted octanol–water partition coefficient (Wildman–Crippen LogP) is 1.73. The van der Waals surface area contributed by atoms with Crippen molar-refractivity contribution in [2.45, 2.75) is 13.8 Å².